The maximum absolute atomic E-state index is 11.0. The number of amides is 1. The van der Waals surface area contributed by atoms with E-state index >= 15 is 0 Å². The third-order valence-electron chi connectivity index (χ3n) is 4.57. The van der Waals surface area contributed by atoms with Crippen molar-refractivity contribution in [1.29, 1.82) is 0 Å². The summed E-state index contributed by atoms with van der Waals surface area (Å²) in [6, 6.07) is 14.7. The number of rotatable bonds is 6. The van der Waals surface area contributed by atoms with Crippen molar-refractivity contribution in [2.24, 2.45) is 0 Å². The molecule has 0 saturated carbocycles. The molecular formula is C20H26N4O. The van der Waals surface area contributed by atoms with Crippen LogP contribution in [0.2, 0.25) is 0 Å². The molecule has 0 aliphatic carbocycles. The molecule has 1 fully saturated rings. The molecule has 0 atom stereocenters. The molecule has 5 heteroatoms. The minimum absolute atomic E-state index is 0.0386. The van der Waals surface area contributed by atoms with Crippen LogP contribution in [0.3, 0.4) is 0 Å². The van der Waals surface area contributed by atoms with Gasteiger partial charge in [-0.1, -0.05) is 18.2 Å². The van der Waals surface area contributed by atoms with Crippen LogP contribution in [-0.4, -0.2) is 34.9 Å². The lowest BCUT2D eigenvalue weighted by Gasteiger charge is -2.32. The first-order valence-corrected chi connectivity index (χ1v) is 8.91. The van der Waals surface area contributed by atoms with Crippen molar-refractivity contribution in [1.82, 2.24) is 15.2 Å². The Morgan fingerprint density at radius 1 is 1.16 bits per heavy atom. The summed E-state index contributed by atoms with van der Waals surface area (Å²) in [5, 5.41) is 6.45. The molecule has 1 aromatic carbocycles. The standard InChI is InChI=1S/C20H26N4O/c1-16(25)23-19-7-5-17(6-8-19)14-22-18-9-12-24(13-10-18)15-20-4-2-3-11-21-20/h2-8,11,18,22H,9-10,12-15H2,1H3,(H,23,25). The van der Waals surface area contributed by atoms with Crippen molar-refractivity contribution in [2.75, 3.05) is 18.4 Å². The monoisotopic (exact) mass is 338 g/mol. The molecule has 2 aromatic rings. The van der Waals surface area contributed by atoms with Gasteiger partial charge in [0.2, 0.25) is 5.91 Å². The van der Waals surface area contributed by atoms with Gasteiger partial charge in [-0.05, 0) is 42.7 Å². The van der Waals surface area contributed by atoms with Crippen molar-refractivity contribution in [3.8, 4) is 0 Å². The van der Waals surface area contributed by atoms with E-state index in [1.807, 2.05) is 30.5 Å². The molecule has 0 bridgehead atoms. The highest BCUT2D eigenvalue weighted by molar-refractivity contribution is 5.88. The van der Waals surface area contributed by atoms with E-state index in [9.17, 15) is 4.79 Å². The van der Waals surface area contributed by atoms with Gasteiger partial charge in [0.25, 0.3) is 0 Å². The number of aromatic nitrogens is 1. The zero-order valence-electron chi connectivity index (χ0n) is 14.7. The van der Waals surface area contributed by atoms with Crippen LogP contribution >= 0.6 is 0 Å². The number of nitrogens with zero attached hydrogens (tertiary/aromatic N) is 2. The average Bonchev–Trinajstić information content (AvgIpc) is 2.63. The summed E-state index contributed by atoms with van der Waals surface area (Å²) < 4.78 is 0. The fourth-order valence-electron chi connectivity index (χ4n) is 3.19. The second-order valence-corrected chi connectivity index (χ2v) is 6.63. The SMILES string of the molecule is CC(=O)Nc1ccc(CNC2CCN(Cc3ccccn3)CC2)cc1. The Balaban J connectivity index is 1.39. The first kappa shape index (κ1) is 17.6. The van der Waals surface area contributed by atoms with Crippen LogP contribution in [-0.2, 0) is 17.9 Å². The van der Waals surface area contributed by atoms with Crippen LogP contribution in [0.15, 0.2) is 48.7 Å². The quantitative estimate of drug-likeness (QED) is 0.850. The van der Waals surface area contributed by atoms with Crippen LogP contribution in [0, 0.1) is 0 Å². The molecule has 1 saturated heterocycles. The zero-order valence-corrected chi connectivity index (χ0v) is 14.7. The predicted molar refractivity (Wildman–Crippen MR) is 100 cm³/mol. The number of anilines is 1. The minimum atomic E-state index is -0.0386. The van der Waals surface area contributed by atoms with Gasteiger partial charge in [-0.15, -0.1) is 0 Å². The van der Waals surface area contributed by atoms with Crippen molar-refractivity contribution in [3.05, 3.63) is 59.9 Å². The molecular weight excluding hydrogens is 312 g/mol. The molecule has 0 radical (unpaired) electrons. The Hall–Kier alpha value is -2.24. The summed E-state index contributed by atoms with van der Waals surface area (Å²) >= 11 is 0. The first-order valence-electron chi connectivity index (χ1n) is 8.91. The number of carbonyl (C=O) groups excluding carboxylic acids is 1. The van der Waals surface area contributed by atoms with Crippen LogP contribution < -0.4 is 10.6 Å². The molecule has 25 heavy (non-hydrogen) atoms. The molecule has 132 valence electrons. The van der Waals surface area contributed by atoms with E-state index in [4.69, 9.17) is 0 Å². The number of piperidine rings is 1. The molecule has 3 rings (SSSR count). The van der Waals surface area contributed by atoms with E-state index in [0.29, 0.717) is 6.04 Å². The van der Waals surface area contributed by atoms with Crippen molar-refractivity contribution in [2.45, 2.75) is 38.9 Å². The topological polar surface area (TPSA) is 57.3 Å². The Morgan fingerprint density at radius 3 is 2.56 bits per heavy atom. The zero-order chi connectivity index (χ0) is 17.5. The summed E-state index contributed by atoms with van der Waals surface area (Å²) in [5.74, 6) is -0.0386. The lowest BCUT2D eigenvalue weighted by molar-refractivity contribution is -0.114. The molecule has 0 spiro atoms. The van der Waals surface area contributed by atoms with Gasteiger partial charge in [-0.2, -0.15) is 0 Å². The second-order valence-electron chi connectivity index (χ2n) is 6.63. The van der Waals surface area contributed by atoms with Gasteiger partial charge in [-0.25, -0.2) is 0 Å². The first-order chi connectivity index (χ1) is 12.2. The van der Waals surface area contributed by atoms with Crippen molar-refractivity contribution < 1.29 is 4.79 Å². The number of likely N-dealkylation sites (tertiary alicyclic amines) is 1. The predicted octanol–water partition coefficient (Wildman–Crippen LogP) is 2.79. The van der Waals surface area contributed by atoms with Crippen LogP contribution in [0.25, 0.3) is 0 Å². The molecule has 1 amide bonds. The Kier molecular flexibility index (Phi) is 6.14. The fourth-order valence-corrected chi connectivity index (χ4v) is 3.19. The number of nitrogens with one attached hydrogen (secondary N) is 2. The molecule has 5 nitrogen and oxygen atoms in total. The highest BCUT2D eigenvalue weighted by atomic mass is 16.1. The average molecular weight is 338 g/mol. The lowest BCUT2D eigenvalue weighted by Crippen LogP contribution is -2.41. The van der Waals surface area contributed by atoms with E-state index in [0.717, 1.165) is 50.4 Å². The normalized spacial score (nSPS) is 15.9. The number of benzene rings is 1. The van der Waals surface area contributed by atoms with E-state index in [1.54, 1.807) is 0 Å². The smallest absolute Gasteiger partial charge is 0.221 e. The van der Waals surface area contributed by atoms with Gasteiger partial charge >= 0.3 is 0 Å². The maximum atomic E-state index is 11.0. The summed E-state index contributed by atoms with van der Waals surface area (Å²) in [6.45, 7) is 5.55. The molecule has 2 N–H and O–H groups in total. The maximum Gasteiger partial charge on any atom is 0.221 e. The van der Waals surface area contributed by atoms with Gasteiger partial charge in [0, 0.05) is 51.0 Å². The minimum Gasteiger partial charge on any atom is -0.326 e. The van der Waals surface area contributed by atoms with Gasteiger partial charge in [-0.3, -0.25) is 14.7 Å². The van der Waals surface area contributed by atoms with Gasteiger partial charge in [0.05, 0.1) is 5.69 Å². The Bertz CT molecular complexity index is 664. The molecule has 1 aromatic heterocycles. The third kappa shape index (κ3) is 5.66. The number of carbonyl (C=O) groups is 1. The molecule has 1 aliphatic heterocycles. The van der Waals surface area contributed by atoms with Crippen molar-refractivity contribution >= 4 is 11.6 Å². The van der Waals surface area contributed by atoms with E-state index in [-0.39, 0.29) is 5.91 Å². The number of hydrogen-bond donors (Lipinski definition) is 2. The van der Waals surface area contributed by atoms with E-state index in [1.165, 1.54) is 12.5 Å². The molecule has 1 aliphatic rings. The largest absolute Gasteiger partial charge is 0.326 e. The van der Waals surface area contributed by atoms with Crippen LogP contribution in [0.5, 0.6) is 0 Å². The Morgan fingerprint density at radius 2 is 1.92 bits per heavy atom. The third-order valence-corrected chi connectivity index (χ3v) is 4.57. The summed E-state index contributed by atoms with van der Waals surface area (Å²) in [4.78, 5) is 17.9. The van der Waals surface area contributed by atoms with Crippen LogP contribution in [0.1, 0.15) is 31.0 Å². The molecule has 0 unspecified atom stereocenters. The van der Waals surface area contributed by atoms with E-state index in [2.05, 4.69) is 38.7 Å². The lowest BCUT2D eigenvalue weighted by atomic mass is 10.0. The summed E-state index contributed by atoms with van der Waals surface area (Å²) in [6.07, 6.45) is 4.19. The summed E-state index contributed by atoms with van der Waals surface area (Å²) in [7, 11) is 0. The van der Waals surface area contributed by atoms with E-state index < -0.39 is 0 Å². The number of hydrogen-bond acceptors (Lipinski definition) is 4. The fraction of sp³-hybridized carbons (Fsp3) is 0.400. The summed E-state index contributed by atoms with van der Waals surface area (Å²) in [5.41, 5.74) is 3.23. The van der Waals surface area contributed by atoms with Crippen LogP contribution in [0.4, 0.5) is 5.69 Å². The second kappa shape index (κ2) is 8.74. The molecule has 2 heterocycles. The Labute approximate surface area is 149 Å². The van der Waals surface area contributed by atoms with Gasteiger partial charge in [0.15, 0.2) is 0 Å². The van der Waals surface area contributed by atoms with Gasteiger partial charge in [0.1, 0.15) is 0 Å². The number of pyridine rings is 1. The van der Waals surface area contributed by atoms with Gasteiger partial charge < -0.3 is 10.6 Å². The highest BCUT2D eigenvalue weighted by Gasteiger charge is 2.18. The highest BCUT2D eigenvalue weighted by Crippen LogP contribution is 2.14. The van der Waals surface area contributed by atoms with Crippen molar-refractivity contribution in [3.63, 3.8) is 0 Å².